The summed E-state index contributed by atoms with van der Waals surface area (Å²) in [7, 11) is 0. The molecule has 0 aromatic carbocycles. The first-order chi connectivity index (χ1) is 7.15. The average molecular weight is 209 g/mol. The smallest absolute Gasteiger partial charge is 0.253 e. The van der Waals surface area contributed by atoms with Gasteiger partial charge in [-0.15, -0.1) is 0 Å². The normalized spacial score (nSPS) is 10.6. The van der Waals surface area contributed by atoms with Gasteiger partial charge in [0.2, 0.25) is 0 Å². The van der Waals surface area contributed by atoms with Crippen molar-refractivity contribution in [2.75, 3.05) is 13.1 Å². The topological polar surface area (TPSA) is 46.9 Å². The van der Waals surface area contributed by atoms with Crippen LogP contribution in [0.1, 0.15) is 24.9 Å². The lowest BCUT2D eigenvalue weighted by Crippen LogP contribution is -2.29. The molecule has 0 saturated heterocycles. The van der Waals surface area contributed by atoms with Gasteiger partial charge in [-0.1, -0.05) is 6.92 Å². The van der Waals surface area contributed by atoms with Crippen LogP contribution in [0.2, 0.25) is 0 Å². The fourth-order valence-electron chi connectivity index (χ4n) is 1.53. The Kier molecular flexibility index (Phi) is 4.49. The van der Waals surface area contributed by atoms with Gasteiger partial charge >= 0.3 is 0 Å². The van der Waals surface area contributed by atoms with Gasteiger partial charge in [0.05, 0.1) is 0 Å². The number of hydrogen-bond acceptors (Lipinski definition) is 3. The van der Waals surface area contributed by atoms with Crippen molar-refractivity contribution in [3.63, 3.8) is 0 Å². The number of aromatic nitrogens is 2. The van der Waals surface area contributed by atoms with Crippen LogP contribution in [0.4, 0.5) is 0 Å². The Morgan fingerprint density at radius 2 is 2.13 bits per heavy atom. The number of aryl methyl sites for hydroxylation is 2. The monoisotopic (exact) mass is 209 g/mol. The number of rotatable bonds is 5. The van der Waals surface area contributed by atoms with Gasteiger partial charge < -0.3 is 5.32 Å². The minimum absolute atomic E-state index is 0.0401. The molecule has 0 aliphatic heterocycles. The van der Waals surface area contributed by atoms with Crippen LogP contribution in [0.5, 0.6) is 0 Å². The maximum atomic E-state index is 11.6. The van der Waals surface area contributed by atoms with E-state index in [1.165, 1.54) is 0 Å². The molecule has 15 heavy (non-hydrogen) atoms. The third kappa shape index (κ3) is 3.47. The Morgan fingerprint density at radius 1 is 1.40 bits per heavy atom. The molecule has 84 valence electrons. The third-order valence-corrected chi connectivity index (χ3v) is 2.27. The molecule has 0 aliphatic carbocycles. The molecule has 0 amide bonds. The Morgan fingerprint density at radius 3 is 2.73 bits per heavy atom. The summed E-state index contributed by atoms with van der Waals surface area (Å²) in [4.78, 5) is 15.9. The summed E-state index contributed by atoms with van der Waals surface area (Å²) >= 11 is 0. The van der Waals surface area contributed by atoms with Gasteiger partial charge in [0.15, 0.2) is 0 Å². The molecule has 1 heterocycles. The van der Waals surface area contributed by atoms with Crippen LogP contribution in [0.3, 0.4) is 0 Å². The lowest BCUT2D eigenvalue weighted by molar-refractivity contribution is 0.562. The van der Waals surface area contributed by atoms with Gasteiger partial charge in [0.1, 0.15) is 5.82 Å². The van der Waals surface area contributed by atoms with Gasteiger partial charge in [0.25, 0.3) is 5.56 Å². The third-order valence-electron chi connectivity index (χ3n) is 2.27. The highest BCUT2D eigenvalue weighted by atomic mass is 16.1. The van der Waals surface area contributed by atoms with E-state index in [-0.39, 0.29) is 5.56 Å². The largest absolute Gasteiger partial charge is 0.315 e. The number of nitrogens with zero attached hydrogens (tertiary/aromatic N) is 2. The highest BCUT2D eigenvalue weighted by Gasteiger charge is 2.01. The van der Waals surface area contributed by atoms with E-state index in [0.29, 0.717) is 6.54 Å². The quantitative estimate of drug-likeness (QED) is 0.732. The SMILES string of the molecule is CCCNCCn1c(C)nc(C)cc1=O. The van der Waals surface area contributed by atoms with Gasteiger partial charge in [-0.3, -0.25) is 9.36 Å². The van der Waals surface area contributed by atoms with Crippen molar-refractivity contribution in [2.45, 2.75) is 33.7 Å². The summed E-state index contributed by atoms with van der Waals surface area (Å²) in [5.41, 5.74) is 0.827. The second kappa shape index (κ2) is 5.66. The maximum Gasteiger partial charge on any atom is 0.253 e. The van der Waals surface area contributed by atoms with E-state index in [1.54, 1.807) is 10.6 Å². The molecule has 0 fully saturated rings. The van der Waals surface area contributed by atoms with Gasteiger partial charge in [-0.2, -0.15) is 0 Å². The van der Waals surface area contributed by atoms with Crippen LogP contribution >= 0.6 is 0 Å². The fourth-order valence-corrected chi connectivity index (χ4v) is 1.53. The van der Waals surface area contributed by atoms with Crippen molar-refractivity contribution < 1.29 is 0 Å². The molecular formula is C11H19N3O. The van der Waals surface area contributed by atoms with Gasteiger partial charge in [-0.05, 0) is 26.8 Å². The molecule has 4 nitrogen and oxygen atoms in total. The van der Waals surface area contributed by atoms with Crippen molar-refractivity contribution >= 4 is 0 Å². The maximum absolute atomic E-state index is 11.6. The van der Waals surface area contributed by atoms with Gasteiger partial charge in [-0.25, -0.2) is 4.98 Å². The standard InChI is InChI=1S/C11H19N3O/c1-4-5-12-6-7-14-10(3)13-9(2)8-11(14)15/h8,12H,4-7H2,1-3H3. The molecule has 1 aromatic rings. The molecule has 0 saturated carbocycles. The van der Waals surface area contributed by atoms with E-state index in [1.807, 2.05) is 13.8 Å². The zero-order valence-corrected chi connectivity index (χ0v) is 9.71. The summed E-state index contributed by atoms with van der Waals surface area (Å²) in [5.74, 6) is 0.790. The molecular weight excluding hydrogens is 190 g/mol. The summed E-state index contributed by atoms with van der Waals surface area (Å²) in [6.45, 7) is 8.34. The van der Waals surface area contributed by atoms with E-state index >= 15 is 0 Å². The molecule has 0 spiro atoms. The van der Waals surface area contributed by atoms with Crippen molar-refractivity contribution in [3.8, 4) is 0 Å². The van der Waals surface area contributed by atoms with Crippen molar-refractivity contribution in [3.05, 3.63) is 27.9 Å². The summed E-state index contributed by atoms with van der Waals surface area (Å²) in [6.07, 6.45) is 1.11. The Bertz CT molecular complexity index is 371. The molecule has 0 bridgehead atoms. The first-order valence-corrected chi connectivity index (χ1v) is 5.41. The average Bonchev–Trinajstić information content (AvgIpc) is 2.15. The lowest BCUT2D eigenvalue weighted by Gasteiger charge is -2.09. The second-order valence-electron chi connectivity index (χ2n) is 3.68. The van der Waals surface area contributed by atoms with E-state index in [0.717, 1.165) is 31.0 Å². The van der Waals surface area contributed by atoms with Crippen LogP contribution in [0, 0.1) is 13.8 Å². The van der Waals surface area contributed by atoms with Crippen molar-refractivity contribution in [2.24, 2.45) is 0 Å². The van der Waals surface area contributed by atoms with E-state index < -0.39 is 0 Å². The lowest BCUT2D eigenvalue weighted by atomic mass is 10.4. The van der Waals surface area contributed by atoms with E-state index in [9.17, 15) is 4.79 Å². The van der Waals surface area contributed by atoms with Crippen molar-refractivity contribution in [1.29, 1.82) is 0 Å². The predicted octanol–water partition coefficient (Wildman–Crippen LogP) is 0.860. The number of hydrogen-bond donors (Lipinski definition) is 1. The summed E-state index contributed by atoms with van der Waals surface area (Å²) < 4.78 is 1.70. The minimum atomic E-state index is 0.0401. The molecule has 0 atom stereocenters. The summed E-state index contributed by atoms with van der Waals surface area (Å²) in [6, 6.07) is 1.58. The highest BCUT2D eigenvalue weighted by Crippen LogP contribution is 1.92. The predicted molar refractivity (Wildman–Crippen MR) is 61.1 cm³/mol. The first kappa shape index (κ1) is 11.9. The zero-order valence-electron chi connectivity index (χ0n) is 9.71. The summed E-state index contributed by atoms with van der Waals surface area (Å²) in [5, 5.41) is 3.27. The van der Waals surface area contributed by atoms with Crippen LogP contribution in [-0.4, -0.2) is 22.6 Å². The molecule has 4 heteroatoms. The van der Waals surface area contributed by atoms with E-state index in [2.05, 4.69) is 17.2 Å². The first-order valence-electron chi connectivity index (χ1n) is 5.41. The van der Waals surface area contributed by atoms with Crippen LogP contribution in [0.15, 0.2) is 10.9 Å². The molecule has 0 unspecified atom stereocenters. The Balaban J connectivity index is 2.65. The fraction of sp³-hybridized carbons (Fsp3) is 0.636. The minimum Gasteiger partial charge on any atom is -0.315 e. The highest BCUT2D eigenvalue weighted by molar-refractivity contribution is 5.01. The van der Waals surface area contributed by atoms with Gasteiger partial charge in [0, 0.05) is 24.8 Å². The van der Waals surface area contributed by atoms with Crippen LogP contribution in [-0.2, 0) is 6.54 Å². The molecule has 0 aliphatic rings. The van der Waals surface area contributed by atoms with Crippen LogP contribution in [0.25, 0.3) is 0 Å². The van der Waals surface area contributed by atoms with Crippen molar-refractivity contribution in [1.82, 2.24) is 14.9 Å². The second-order valence-corrected chi connectivity index (χ2v) is 3.68. The number of nitrogens with one attached hydrogen (secondary N) is 1. The molecule has 1 aromatic heterocycles. The Labute approximate surface area is 90.3 Å². The van der Waals surface area contributed by atoms with Crippen LogP contribution < -0.4 is 10.9 Å². The van der Waals surface area contributed by atoms with E-state index in [4.69, 9.17) is 0 Å². The zero-order chi connectivity index (χ0) is 11.3. The Hall–Kier alpha value is -1.16. The molecule has 0 radical (unpaired) electrons. The molecule has 1 rings (SSSR count). The molecule has 1 N–H and O–H groups in total.